The van der Waals surface area contributed by atoms with Crippen LogP contribution in [-0.4, -0.2) is 174 Å². The fourth-order valence-corrected chi connectivity index (χ4v) is 16.7. The van der Waals surface area contributed by atoms with Gasteiger partial charge in [0.15, 0.2) is 53.8 Å². The van der Waals surface area contributed by atoms with E-state index in [1.165, 1.54) is 76.1 Å². The first-order chi connectivity index (χ1) is 59.9. The number of nitrogens with one attached hydrogen (secondary N) is 3. The molecule has 3 N–H and O–H groups in total. The number of unbranched alkanes of at least 4 members (excludes halogenated alkanes) is 24. The van der Waals surface area contributed by atoms with Crippen LogP contribution >= 0.6 is 58.2 Å². The van der Waals surface area contributed by atoms with Crippen LogP contribution < -0.4 is 52.1 Å². The number of carbonyl (C=O) groups excluding carboxylic acids is 4. The van der Waals surface area contributed by atoms with Crippen molar-refractivity contribution in [1.82, 2.24) is 97.2 Å². The Morgan fingerprint density at radius 1 is 0.394 bits per heavy atom. The number of fused-ring (bicyclic) bond motifs is 5. The Bertz CT molecular complexity index is 5510. The number of esters is 4. The minimum absolute atomic E-state index is 0. The van der Waals surface area contributed by atoms with Crippen molar-refractivity contribution in [3.05, 3.63) is 91.8 Å². The van der Waals surface area contributed by atoms with Crippen LogP contribution in [0.25, 0.3) is 55.8 Å². The molecule has 0 aromatic carbocycles. The van der Waals surface area contributed by atoms with Crippen LogP contribution in [0, 0.1) is 34.6 Å². The first-order valence-electron chi connectivity index (χ1n) is 43.4. The summed E-state index contributed by atoms with van der Waals surface area (Å²) in [5.74, 6) is 3.37. The maximum absolute atomic E-state index is 12.8. The van der Waals surface area contributed by atoms with Crippen LogP contribution in [-0.2, 0) is 101 Å². The van der Waals surface area contributed by atoms with Crippen molar-refractivity contribution in [2.24, 2.45) is 14.1 Å². The van der Waals surface area contributed by atoms with E-state index < -0.39 is 32.0 Å². The quantitative estimate of drug-likeness (QED) is 0.00466. The number of aromatic nitrogens is 20. The molecule has 0 saturated heterocycles. The molecule has 0 saturated carbocycles. The third-order valence-electron chi connectivity index (χ3n) is 20.5. The molecule has 0 fully saturated rings. The molecule has 0 aliphatic carbocycles. The van der Waals surface area contributed by atoms with Gasteiger partial charge in [-0.25, -0.2) is 57.9 Å². The Balaban J connectivity index is 0.000000333. The van der Waals surface area contributed by atoms with E-state index in [1.807, 2.05) is 50.7 Å². The number of methoxy groups -OCH3 is 4. The molecular formula is C85H129Cl4N20NaO14S3. The molecule has 0 aliphatic heterocycles. The monoisotopic (exact) mass is 1910 g/mol. The summed E-state index contributed by atoms with van der Waals surface area (Å²) in [6.45, 7) is 24.0. The summed E-state index contributed by atoms with van der Waals surface area (Å²) >= 11 is 30.4. The Morgan fingerprint density at radius 3 is 1.08 bits per heavy atom. The summed E-state index contributed by atoms with van der Waals surface area (Å²) in [7, 11) is 5.25. The van der Waals surface area contributed by atoms with E-state index in [4.69, 9.17) is 46.4 Å². The van der Waals surface area contributed by atoms with Gasteiger partial charge in [0, 0.05) is 71.2 Å². The van der Waals surface area contributed by atoms with Crippen LogP contribution in [0.3, 0.4) is 0 Å². The molecule has 10 aromatic rings. The second-order valence-electron chi connectivity index (χ2n) is 31.5. The van der Waals surface area contributed by atoms with Gasteiger partial charge in [0.05, 0.1) is 33.7 Å². The molecule has 127 heavy (non-hydrogen) atoms. The van der Waals surface area contributed by atoms with E-state index in [2.05, 4.69) is 124 Å². The van der Waals surface area contributed by atoms with E-state index in [1.54, 1.807) is 46.6 Å². The van der Waals surface area contributed by atoms with Crippen molar-refractivity contribution in [3.63, 3.8) is 0 Å². The van der Waals surface area contributed by atoms with E-state index in [0.29, 0.717) is 111 Å². The second kappa shape index (κ2) is 58.4. The fraction of sp³-hybridized carbons (Fsp3) is 0.659. The third kappa shape index (κ3) is 37.1. The summed E-state index contributed by atoms with van der Waals surface area (Å²) in [6, 6.07) is 0. The number of H-pyrrole nitrogens is 3. The average molecular weight is 1920 g/mol. The van der Waals surface area contributed by atoms with Gasteiger partial charge in [-0.15, -0.1) is 11.8 Å². The number of aryl methyl sites for hydroxylation is 11. The van der Waals surface area contributed by atoms with Gasteiger partial charge in [-0.3, -0.25) is 47.9 Å². The number of thioether (sulfide) groups is 1. The summed E-state index contributed by atoms with van der Waals surface area (Å²) in [6.07, 6.45) is 32.0. The molecule has 34 nitrogen and oxygen atoms in total. The van der Waals surface area contributed by atoms with Gasteiger partial charge < -0.3 is 54.8 Å². The van der Waals surface area contributed by atoms with Crippen LogP contribution in [0.5, 0.6) is 0 Å². The minimum Gasteiger partial charge on any atom is -0.790 e. The maximum atomic E-state index is 12.8. The van der Waals surface area contributed by atoms with Gasteiger partial charge >= 0.3 is 64.8 Å². The zero-order valence-electron chi connectivity index (χ0n) is 77.2. The number of rotatable bonds is 44. The molecular weight excluding hydrogens is 1790 g/mol. The number of imidazole rings is 5. The molecule has 42 heteroatoms. The van der Waals surface area contributed by atoms with Gasteiger partial charge in [-0.1, -0.05) is 168 Å². The summed E-state index contributed by atoms with van der Waals surface area (Å²) in [4.78, 5) is 144. The number of aromatic amines is 3. The Labute approximate surface area is 795 Å². The SMILES string of the molecule is CC(C)[S-].COC(=O)CCCCCCCCCn1c(C)nc2c1c(=O)[nH]c(=O)n2C.COC(=O)CCCCCCCCCn1c(C)nc2nc(Cl)nc(Cl)c21.COC(=O)CCCCCCCCCn1c(C)nc2nc(Cl)nc(S(=O)(=O)C(C)C)c21.COC(=O)CCCCCCCCCn1c(C)nc2nc(Cl)nc(SC(C)C)c21.Cc1nc2c([nH]1)c(=O)[nH]c(=O)n2C.[Na+]. The molecule has 0 aliphatic rings. The van der Waals surface area contributed by atoms with Crippen LogP contribution in [0.15, 0.2) is 29.2 Å². The average Bonchev–Trinajstić information content (AvgIpc) is 1.46. The van der Waals surface area contributed by atoms with Crippen molar-refractivity contribution >= 4 is 160 Å². The number of carbonyl (C=O) groups is 4. The first-order valence-corrected chi connectivity index (χ1v) is 47.8. The fourth-order valence-electron chi connectivity index (χ4n) is 13.7. The van der Waals surface area contributed by atoms with E-state index in [9.17, 15) is 46.8 Å². The van der Waals surface area contributed by atoms with E-state index >= 15 is 0 Å². The molecule has 0 spiro atoms. The largest absolute Gasteiger partial charge is 1.00 e. The molecule has 10 rings (SSSR count). The number of nitrogens with zero attached hydrogens (tertiary/aromatic N) is 17. The summed E-state index contributed by atoms with van der Waals surface area (Å²) in [5, 5.41) is 1.70. The van der Waals surface area contributed by atoms with E-state index in [-0.39, 0.29) is 79.9 Å². The van der Waals surface area contributed by atoms with Crippen molar-refractivity contribution < 1.29 is 76.1 Å². The van der Waals surface area contributed by atoms with Gasteiger partial charge in [0.2, 0.25) is 15.9 Å². The Hall–Kier alpha value is -7.36. The van der Waals surface area contributed by atoms with Crippen molar-refractivity contribution in [3.8, 4) is 0 Å². The molecule has 700 valence electrons. The van der Waals surface area contributed by atoms with Gasteiger partial charge in [-0.05, 0) is 135 Å². The maximum Gasteiger partial charge on any atom is 1.00 e. The van der Waals surface area contributed by atoms with Gasteiger partial charge in [0.1, 0.15) is 56.2 Å². The zero-order valence-corrected chi connectivity index (χ0v) is 84.7. The topological polar surface area (TPSA) is 426 Å². The number of halogens is 4. The molecule has 0 amide bonds. The molecule has 0 bridgehead atoms. The number of ether oxygens (including phenoxy) is 4. The second-order valence-corrected chi connectivity index (χ2v) is 37.8. The third-order valence-corrected chi connectivity index (χ3v) is 24.3. The van der Waals surface area contributed by atoms with Crippen molar-refractivity contribution in [2.45, 2.75) is 334 Å². The van der Waals surface area contributed by atoms with Crippen molar-refractivity contribution in [1.29, 1.82) is 0 Å². The predicted octanol–water partition coefficient (Wildman–Crippen LogP) is 13.8. The predicted molar refractivity (Wildman–Crippen MR) is 499 cm³/mol. The molecule has 0 radical (unpaired) electrons. The normalized spacial score (nSPS) is 11.3. The Kier molecular flexibility index (Phi) is 51.5. The number of hydrogen-bond donors (Lipinski definition) is 3. The minimum atomic E-state index is -3.62. The molecule has 0 unspecified atom stereocenters. The molecule has 0 atom stereocenters. The number of sulfone groups is 1. The summed E-state index contributed by atoms with van der Waals surface area (Å²) in [5.41, 5.74) is 3.65. The zero-order chi connectivity index (χ0) is 93.3. The van der Waals surface area contributed by atoms with Gasteiger partial charge in [-0.2, -0.15) is 20.2 Å². The summed E-state index contributed by atoms with van der Waals surface area (Å²) < 4.78 is 54.9. The first kappa shape index (κ1) is 112. The smallest absolute Gasteiger partial charge is 0.790 e. The van der Waals surface area contributed by atoms with Crippen LogP contribution in [0.2, 0.25) is 21.0 Å². The Morgan fingerprint density at radius 2 is 0.701 bits per heavy atom. The van der Waals surface area contributed by atoms with Gasteiger partial charge in [0.25, 0.3) is 11.1 Å². The van der Waals surface area contributed by atoms with Crippen LogP contribution in [0.1, 0.15) is 276 Å². The standard InChI is InChI=1S/C20H31ClN4O4S.C20H31ClN4O2S.C18H28N4O4.C17H24Cl2N4O2.C7H8N4O2.C3H8S.Na/c1-14(2)30(27,28)19-17-18(23-20(21)24-19)22-15(3)25(17)13-11-9-7-5-6-8-10-12-16(26)29-4;1-14(2)28-19-17-18(23-20(21)24-19)22-15(3)25(17)13-11-9-7-5-6-8-10-12-16(26)27-4;1-13-19-16-15(17(24)20-18(25)21(16)2)22(13)12-10-8-6-4-5-7-9-11-14(23)26-3;1-12-20-16-14(15(18)21-17(19)22-16)23(12)11-9-7-5-3-4-6-8-10-13(24)25-2;1-3-8-4-5(9-3)11(2)7(13)10-6(4)12;1-3(2)4;/h14H,5-13H2,1-4H3;14H,5-13H2,1-4H3;4-12H2,1-3H3,(H,20,24,25);3-11H2,1-2H3;1-2H3,(H,8,9)(H,10,12,13);3-4H,1-2H3;/q;;;;;;+1/p-1. The van der Waals surface area contributed by atoms with E-state index in [0.717, 1.165) is 188 Å². The van der Waals surface area contributed by atoms with Crippen LogP contribution in [0.4, 0.5) is 0 Å². The molecule has 10 aromatic heterocycles. The van der Waals surface area contributed by atoms with Crippen molar-refractivity contribution in [2.75, 3.05) is 28.4 Å². The molecule has 10 heterocycles. The number of hydrogen-bond acceptors (Lipinski definition) is 27.